The van der Waals surface area contributed by atoms with Gasteiger partial charge in [0.25, 0.3) is 11.8 Å². The van der Waals surface area contributed by atoms with Crippen molar-refractivity contribution in [2.45, 2.75) is 13.0 Å². The lowest BCUT2D eigenvalue weighted by molar-refractivity contribution is -0.122. The molecule has 2 amide bonds. The zero-order valence-electron chi connectivity index (χ0n) is 16.7. The van der Waals surface area contributed by atoms with E-state index in [1.807, 2.05) is 17.5 Å². The van der Waals surface area contributed by atoms with E-state index in [4.69, 9.17) is 4.74 Å². The molecular weight excluding hydrogens is 433 g/mol. The van der Waals surface area contributed by atoms with Crippen LogP contribution in [0, 0.1) is 5.82 Å². The molecule has 0 saturated heterocycles. The van der Waals surface area contributed by atoms with Crippen molar-refractivity contribution in [1.29, 1.82) is 0 Å². The van der Waals surface area contributed by atoms with Gasteiger partial charge in [0, 0.05) is 5.69 Å². The smallest absolute Gasteiger partial charge is 0.295 e. The van der Waals surface area contributed by atoms with Crippen LogP contribution in [0.3, 0.4) is 0 Å². The molecule has 32 heavy (non-hydrogen) atoms. The minimum atomic E-state index is -0.585. The Morgan fingerprint density at radius 3 is 2.78 bits per heavy atom. The van der Waals surface area contributed by atoms with Crippen LogP contribution in [0.5, 0.6) is 5.75 Å². The SMILES string of the molecule is CC1Oc2ccc(NC(=O)c3nc(-c4cccs4)n(-c4ccc(F)cc4)n3)cc2NC1=O. The average Bonchev–Trinajstić information content (AvgIpc) is 3.45. The summed E-state index contributed by atoms with van der Waals surface area (Å²) in [5.41, 5.74) is 1.49. The standard InChI is InChI=1S/C22H16FN5O3S/c1-12-21(29)25-16-11-14(6-9-17(16)31-12)24-22(30)19-26-20(18-3-2-10-32-18)28(27-19)15-7-4-13(23)5-8-15/h2-12H,1H3,(H,24,30)(H,25,29). The van der Waals surface area contributed by atoms with E-state index in [0.29, 0.717) is 28.6 Å². The molecule has 0 spiro atoms. The number of fused-ring (bicyclic) bond motifs is 1. The first-order chi connectivity index (χ1) is 15.5. The van der Waals surface area contributed by atoms with Gasteiger partial charge in [0.15, 0.2) is 11.9 Å². The van der Waals surface area contributed by atoms with E-state index < -0.39 is 12.0 Å². The molecule has 3 heterocycles. The molecule has 2 aromatic carbocycles. The number of rotatable bonds is 4. The average molecular weight is 449 g/mol. The number of nitrogens with zero attached hydrogens (tertiary/aromatic N) is 3. The summed E-state index contributed by atoms with van der Waals surface area (Å²) in [7, 11) is 0. The third kappa shape index (κ3) is 3.71. The van der Waals surface area contributed by atoms with Gasteiger partial charge in [-0.05, 0) is 60.8 Å². The lowest BCUT2D eigenvalue weighted by Crippen LogP contribution is -2.34. The van der Waals surface area contributed by atoms with Gasteiger partial charge in [-0.25, -0.2) is 14.1 Å². The molecule has 1 unspecified atom stereocenters. The van der Waals surface area contributed by atoms with Crippen LogP contribution in [0.15, 0.2) is 60.0 Å². The summed E-state index contributed by atoms with van der Waals surface area (Å²) in [4.78, 5) is 30.0. The molecule has 10 heteroatoms. The lowest BCUT2D eigenvalue weighted by atomic mass is 10.2. The molecule has 5 rings (SSSR count). The summed E-state index contributed by atoms with van der Waals surface area (Å²) in [6, 6.07) is 14.4. The number of thiophene rings is 1. The fraction of sp³-hybridized carbons (Fsp3) is 0.0909. The van der Waals surface area contributed by atoms with Crippen molar-refractivity contribution in [1.82, 2.24) is 14.8 Å². The normalized spacial score (nSPS) is 14.9. The second-order valence-corrected chi connectivity index (χ2v) is 7.99. The molecule has 0 fully saturated rings. The number of anilines is 2. The van der Waals surface area contributed by atoms with Gasteiger partial charge in [0.1, 0.15) is 11.6 Å². The summed E-state index contributed by atoms with van der Waals surface area (Å²) in [5.74, 6) is -0.223. The van der Waals surface area contributed by atoms with Crippen LogP contribution in [0.25, 0.3) is 16.4 Å². The number of carbonyl (C=O) groups is 2. The van der Waals surface area contributed by atoms with Crippen molar-refractivity contribution in [3.8, 4) is 22.1 Å². The van der Waals surface area contributed by atoms with Gasteiger partial charge in [-0.2, -0.15) is 0 Å². The van der Waals surface area contributed by atoms with Crippen molar-refractivity contribution < 1.29 is 18.7 Å². The minimum absolute atomic E-state index is 0.0515. The van der Waals surface area contributed by atoms with Crippen LogP contribution in [0.1, 0.15) is 17.5 Å². The van der Waals surface area contributed by atoms with Crippen molar-refractivity contribution in [3.63, 3.8) is 0 Å². The molecular formula is C22H16FN5O3S. The maximum absolute atomic E-state index is 13.4. The summed E-state index contributed by atoms with van der Waals surface area (Å²) >= 11 is 1.45. The van der Waals surface area contributed by atoms with Crippen molar-refractivity contribution in [2.24, 2.45) is 0 Å². The van der Waals surface area contributed by atoms with Gasteiger partial charge in [-0.1, -0.05) is 6.07 Å². The van der Waals surface area contributed by atoms with Crippen LogP contribution in [-0.2, 0) is 4.79 Å². The molecule has 0 radical (unpaired) electrons. The van der Waals surface area contributed by atoms with Gasteiger partial charge in [-0.3, -0.25) is 9.59 Å². The molecule has 160 valence electrons. The summed E-state index contributed by atoms with van der Waals surface area (Å²) in [5, 5.41) is 11.7. The third-order valence-corrected chi connectivity index (χ3v) is 5.66. The molecule has 8 nitrogen and oxygen atoms in total. The van der Waals surface area contributed by atoms with E-state index in [2.05, 4.69) is 20.7 Å². The predicted molar refractivity (Wildman–Crippen MR) is 118 cm³/mol. The van der Waals surface area contributed by atoms with E-state index in [1.165, 1.54) is 28.2 Å². The van der Waals surface area contributed by atoms with E-state index in [1.54, 1.807) is 37.3 Å². The van der Waals surface area contributed by atoms with Crippen LogP contribution < -0.4 is 15.4 Å². The van der Waals surface area contributed by atoms with Gasteiger partial charge >= 0.3 is 0 Å². The summed E-state index contributed by atoms with van der Waals surface area (Å²) < 4.78 is 20.4. The van der Waals surface area contributed by atoms with Gasteiger partial charge in [0.2, 0.25) is 5.82 Å². The Morgan fingerprint density at radius 2 is 2.03 bits per heavy atom. The zero-order chi connectivity index (χ0) is 22.2. The third-order valence-electron chi connectivity index (χ3n) is 4.79. The Hall–Kier alpha value is -4.05. The first-order valence-electron chi connectivity index (χ1n) is 9.68. The monoisotopic (exact) mass is 449 g/mol. The fourth-order valence-corrected chi connectivity index (χ4v) is 3.91. The quantitative estimate of drug-likeness (QED) is 0.489. The Labute approximate surface area is 185 Å². The van der Waals surface area contributed by atoms with Crippen LogP contribution in [-0.4, -0.2) is 32.7 Å². The minimum Gasteiger partial charge on any atom is -0.479 e. The van der Waals surface area contributed by atoms with E-state index in [9.17, 15) is 14.0 Å². The number of hydrogen-bond acceptors (Lipinski definition) is 6. The first-order valence-corrected chi connectivity index (χ1v) is 10.6. The number of ether oxygens (including phenoxy) is 1. The highest BCUT2D eigenvalue weighted by Gasteiger charge is 2.24. The van der Waals surface area contributed by atoms with Gasteiger partial charge in [-0.15, -0.1) is 16.4 Å². The Kier molecular flexibility index (Phi) is 4.91. The molecule has 1 aliphatic heterocycles. The molecule has 0 aliphatic carbocycles. The van der Waals surface area contributed by atoms with E-state index in [-0.39, 0.29) is 17.5 Å². The highest BCUT2D eigenvalue weighted by Crippen LogP contribution is 2.32. The molecule has 0 bridgehead atoms. The number of carbonyl (C=O) groups excluding carboxylic acids is 2. The molecule has 2 aromatic heterocycles. The van der Waals surface area contributed by atoms with Crippen LogP contribution >= 0.6 is 11.3 Å². The van der Waals surface area contributed by atoms with Crippen molar-refractivity contribution in [2.75, 3.05) is 10.6 Å². The second-order valence-electron chi connectivity index (χ2n) is 7.04. The summed E-state index contributed by atoms with van der Waals surface area (Å²) in [6.45, 7) is 1.66. The number of amides is 2. The largest absolute Gasteiger partial charge is 0.479 e. The molecule has 1 atom stereocenters. The second kappa shape index (κ2) is 7.89. The van der Waals surface area contributed by atoms with Gasteiger partial charge in [0.05, 0.1) is 16.3 Å². The zero-order valence-corrected chi connectivity index (χ0v) is 17.5. The van der Waals surface area contributed by atoms with Crippen LogP contribution in [0.4, 0.5) is 15.8 Å². The fourth-order valence-electron chi connectivity index (χ4n) is 3.21. The molecule has 1 aliphatic rings. The Morgan fingerprint density at radius 1 is 1.22 bits per heavy atom. The highest BCUT2D eigenvalue weighted by molar-refractivity contribution is 7.13. The number of benzene rings is 2. The number of hydrogen-bond donors (Lipinski definition) is 2. The molecule has 4 aromatic rings. The Bertz CT molecular complexity index is 1320. The van der Waals surface area contributed by atoms with E-state index in [0.717, 1.165) is 4.88 Å². The van der Waals surface area contributed by atoms with Crippen LogP contribution in [0.2, 0.25) is 0 Å². The maximum Gasteiger partial charge on any atom is 0.295 e. The topological polar surface area (TPSA) is 98.1 Å². The number of halogens is 1. The van der Waals surface area contributed by atoms with Crippen molar-refractivity contribution >= 4 is 34.5 Å². The Balaban J connectivity index is 1.45. The van der Waals surface area contributed by atoms with Crippen molar-refractivity contribution in [3.05, 3.63) is 71.6 Å². The predicted octanol–water partition coefficient (Wildman–Crippen LogP) is 4.11. The summed E-state index contributed by atoms with van der Waals surface area (Å²) in [6.07, 6.45) is -0.585. The number of nitrogens with one attached hydrogen (secondary N) is 2. The highest BCUT2D eigenvalue weighted by atomic mass is 32.1. The number of aromatic nitrogens is 3. The van der Waals surface area contributed by atoms with Gasteiger partial charge < -0.3 is 15.4 Å². The maximum atomic E-state index is 13.4. The molecule has 2 N–H and O–H groups in total. The molecule has 0 saturated carbocycles. The first kappa shape index (κ1) is 19.9. The van der Waals surface area contributed by atoms with E-state index >= 15 is 0 Å². The lowest BCUT2D eigenvalue weighted by Gasteiger charge is -2.23.